The molecule has 1 aromatic heterocycles. The maximum atomic E-state index is 12.7. The highest BCUT2D eigenvalue weighted by Gasteiger charge is 2.31. The van der Waals surface area contributed by atoms with E-state index in [0.717, 1.165) is 23.4 Å². The van der Waals surface area contributed by atoms with Crippen LogP contribution in [0.25, 0.3) is 11.3 Å². The molecular weight excluding hydrogens is 393 g/mol. The molecule has 0 aliphatic heterocycles. The summed E-state index contributed by atoms with van der Waals surface area (Å²) < 4.78 is 50.9. The number of halogens is 4. The van der Waals surface area contributed by atoms with Crippen molar-refractivity contribution in [3.63, 3.8) is 0 Å². The normalized spacial score (nSPS) is 11.5. The number of benzene rings is 2. The van der Waals surface area contributed by atoms with Gasteiger partial charge in [-0.15, -0.1) is 0 Å². The van der Waals surface area contributed by atoms with Crippen molar-refractivity contribution in [2.24, 2.45) is 0 Å². The van der Waals surface area contributed by atoms with E-state index in [1.54, 1.807) is 4.68 Å². The lowest BCUT2D eigenvalue weighted by Crippen LogP contribution is -2.12. The van der Waals surface area contributed by atoms with Crippen LogP contribution in [-0.2, 0) is 12.7 Å². The molecule has 4 nitrogen and oxygen atoms in total. The van der Waals surface area contributed by atoms with Gasteiger partial charge in [-0.3, -0.25) is 0 Å². The predicted molar refractivity (Wildman–Crippen MR) is 101 cm³/mol. The first-order valence-corrected chi connectivity index (χ1v) is 9.02. The zero-order valence-corrected chi connectivity index (χ0v) is 15.8. The summed E-state index contributed by atoms with van der Waals surface area (Å²) in [5.41, 5.74) is 0.897. The Balaban J connectivity index is 1.70. The number of hydrogen-bond donors (Lipinski definition) is 0. The molecule has 0 spiro atoms. The number of alkyl halides is 3. The molecule has 0 saturated heterocycles. The van der Waals surface area contributed by atoms with Crippen LogP contribution in [0.2, 0.25) is 5.02 Å². The van der Waals surface area contributed by atoms with Crippen LogP contribution in [-0.4, -0.2) is 23.0 Å². The molecule has 8 heteroatoms. The largest absolute Gasteiger partial charge is 0.490 e. The SMILES string of the molecule is CCOc1cc(-c2ccccc2)nn1CCOc1ccc(C(F)(F)F)cc1Cl. The first-order chi connectivity index (χ1) is 13.4. The molecule has 2 aromatic carbocycles. The van der Waals surface area contributed by atoms with Gasteiger partial charge in [0, 0.05) is 11.6 Å². The van der Waals surface area contributed by atoms with Crippen molar-refractivity contribution >= 4 is 11.6 Å². The van der Waals surface area contributed by atoms with Crippen molar-refractivity contribution in [3.05, 3.63) is 65.2 Å². The summed E-state index contributed by atoms with van der Waals surface area (Å²) in [4.78, 5) is 0. The van der Waals surface area contributed by atoms with E-state index < -0.39 is 11.7 Å². The van der Waals surface area contributed by atoms with Crippen LogP contribution >= 0.6 is 11.6 Å². The van der Waals surface area contributed by atoms with Gasteiger partial charge >= 0.3 is 6.18 Å². The monoisotopic (exact) mass is 410 g/mol. The molecule has 3 rings (SSSR count). The first kappa shape index (κ1) is 20.1. The van der Waals surface area contributed by atoms with Gasteiger partial charge in [-0.25, -0.2) is 4.68 Å². The van der Waals surface area contributed by atoms with E-state index in [0.29, 0.717) is 19.0 Å². The van der Waals surface area contributed by atoms with Crippen molar-refractivity contribution in [2.45, 2.75) is 19.6 Å². The molecular formula is C20H18ClF3N2O2. The standard InChI is InChI=1S/C20H18ClF3N2O2/c1-2-27-19-13-17(14-6-4-3-5-7-14)25-26(19)10-11-28-18-9-8-15(12-16(18)21)20(22,23)24/h3-9,12-13H,2,10-11H2,1H3. The average Bonchev–Trinajstić information content (AvgIpc) is 3.06. The van der Waals surface area contributed by atoms with E-state index in [9.17, 15) is 13.2 Å². The number of aromatic nitrogens is 2. The van der Waals surface area contributed by atoms with Gasteiger partial charge in [0.25, 0.3) is 0 Å². The zero-order valence-electron chi connectivity index (χ0n) is 15.0. The lowest BCUT2D eigenvalue weighted by atomic mass is 10.2. The first-order valence-electron chi connectivity index (χ1n) is 8.64. The molecule has 0 atom stereocenters. The van der Waals surface area contributed by atoms with Crippen molar-refractivity contribution < 1.29 is 22.6 Å². The third kappa shape index (κ3) is 4.78. The predicted octanol–water partition coefficient (Wildman–Crippen LogP) is 5.70. The number of rotatable bonds is 7. The number of hydrogen-bond acceptors (Lipinski definition) is 3. The summed E-state index contributed by atoms with van der Waals surface area (Å²) in [6.45, 7) is 2.87. The highest BCUT2D eigenvalue weighted by molar-refractivity contribution is 6.32. The van der Waals surface area contributed by atoms with Gasteiger partial charge in [-0.2, -0.15) is 18.3 Å². The van der Waals surface area contributed by atoms with Crippen LogP contribution in [0.3, 0.4) is 0 Å². The Morgan fingerprint density at radius 1 is 1.04 bits per heavy atom. The Morgan fingerprint density at radius 3 is 2.43 bits per heavy atom. The Hall–Kier alpha value is -2.67. The Bertz CT molecular complexity index is 927. The lowest BCUT2D eigenvalue weighted by molar-refractivity contribution is -0.137. The molecule has 0 aliphatic carbocycles. The maximum absolute atomic E-state index is 12.7. The van der Waals surface area contributed by atoms with Gasteiger partial charge in [0.2, 0.25) is 5.88 Å². The van der Waals surface area contributed by atoms with Gasteiger partial charge < -0.3 is 9.47 Å². The minimum absolute atomic E-state index is 0.0923. The molecule has 0 aliphatic rings. The lowest BCUT2D eigenvalue weighted by Gasteiger charge is -2.12. The van der Waals surface area contributed by atoms with Crippen LogP contribution in [0.4, 0.5) is 13.2 Å². The fraction of sp³-hybridized carbons (Fsp3) is 0.250. The highest BCUT2D eigenvalue weighted by atomic mass is 35.5. The summed E-state index contributed by atoms with van der Waals surface area (Å²) in [6.07, 6.45) is -4.45. The van der Waals surface area contributed by atoms with Crippen LogP contribution in [0.1, 0.15) is 12.5 Å². The van der Waals surface area contributed by atoms with E-state index >= 15 is 0 Å². The third-order valence-electron chi connectivity index (χ3n) is 3.92. The van der Waals surface area contributed by atoms with Gasteiger partial charge in [0.1, 0.15) is 12.4 Å². The second kappa shape index (κ2) is 8.56. The number of ether oxygens (including phenoxy) is 2. The molecule has 3 aromatic rings. The van der Waals surface area contributed by atoms with E-state index in [1.807, 2.05) is 43.3 Å². The summed E-state index contributed by atoms with van der Waals surface area (Å²) in [5.74, 6) is 0.770. The molecule has 0 fully saturated rings. The quantitative estimate of drug-likeness (QED) is 0.501. The minimum atomic E-state index is -4.45. The second-order valence-corrected chi connectivity index (χ2v) is 6.29. The van der Waals surface area contributed by atoms with Crippen molar-refractivity contribution in [3.8, 4) is 22.9 Å². The summed E-state index contributed by atoms with van der Waals surface area (Å²) in [7, 11) is 0. The van der Waals surface area contributed by atoms with Gasteiger partial charge in [-0.05, 0) is 25.1 Å². The molecule has 1 heterocycles. The summed E-state index contributed by atoms with van der Waals surface area (Å²) in [6, 6.07) is 14.5. The Morgan fingerprint density at radius 2 is 1.79 bits per heavy atom. The van der Waals surface area contributed by atoms with E-state index in [2.05, 4.69) is 5.10 Å². The molecule has 0 saturated carbocycles. The van der Waals surface area contributed by atoms with Crippen molar-refractivity contribution in [1.82, 2.24) is 9.78 Å². The van der Waals surface area contributed by atoms with Crippen LogP contribution in [0.5, 0.6) is 11.6 Å². The molecule has 0 unspecified atom stereocenters. The highest BCUT2D eigenvalue weighted by Crippen LogP contribution is 2.34. The molecule has 0 N–H and O–H groups in total. The Kier molecular flexibility index (Phi) is 6.14. The molecule has 0 amide bonds. The van der Waals surface area contributed by atoms with Crippen LogP contribution < -0.4 is 9.47 Å². The fourth-order valence-corrected chi connectivity index (χ4v) is 2.85. The van der Waals surface area contributed by atoms with Gasteiger partial charge in [0.05, 0.1) is 29.4 Å². The van der Waals surface area contributed by atoms with Crippen LogP contribution in [0, 0.1) is 0 Å². The third-order valence-corrected chi connectivity index (χ3v) is 4.22. The van der Waals surface area contributed by atoms with Crippen molar-refractivity contribution in [1.29, 1.82) is 0 Å². The Labute approximate surface area is 165 Å². The van der Waals surface area contributed by atoms with E-state index in [4.69, 9.17) is 21.1 Å². The number of nitrogens with zero attached hydrogens (tertiary/aromatic N) is 2. The maximum Gasteiger partial charge on any atom is 0.416 e. The van der Waals surface area contributed by atoms with Crippen molar-refractivity contribution in [2.75, 3.05) is 13.2 Å². The van der Waals surface area contributed by atoms with Gasteiger partial charge in [-0.1, -0.05) is 41.9 Å². The zero-order chi connectivity index (χ0) is 20.1. The smallest absolute Gasteiger partial charge is 0.416 e. The average molecular weight is 411 g/mol. The molecule has 0 radical (unpaired) electrons. The summed E-state index contributed by atoms with van der Waals surface area (Å²) >= 11 is 5.91. The minimum Gasteiger partial charge on any atom is -0.490 e. The van der Waals surface area contributed by atoms with Crippen LogP contribution in [0.15, 0.2) is 54.6 Å². The van der Waals surface area contributed by atoms with E-state index in [-0.39, 0.29) is 17.4 Å². The molecule has 28 heavy (non-hydrogen) atoms. The topological polar surface area (TPSA) is 36.3 Å². The van der Waals surface area contributed by atoms with Gasteiger partial charge in [0.15, 0.2) is 0 Å². The summed E-state index contributed by atoms with van der Waals surface area (Å²) in [5, 5.41) is 4.44. The fourth-order valence-electron chi connectivity index (χ4n) is 2.61. The second-order valence-electron chi connectivity index (χ2n) is 5.88. The molecule has 0 bridgehead atoms. The van der Waals surface area contributed by atoms with E-state index in [1.165, 1.54) is 6.07 Å². The molecule has 148 valence electrons.